The first-order valence-corrected chi connectivity index (χ1v) is 7.49. The van der Waals surface area contributed by atoms with Crippen molar-refractivity contribution in [3.63, 3.8) is 0 Å². The van der Waals surface area contributed by atoms with E-state index in [0.29, 0.717) is 0 Å². The highest BCUT2D eigenvalue weighted by Crippen LogP contribution is 2.31. The standard InChI is InChI=1S/C17H19N3O3/c1-23-16-5-3-2-4-15(16)20-7-6-12-9-18-14(8-13(12)11-20)10-19-17(21)22/h2-5,8-9,19H,6-7,10-11H2,1H3,(H,21,22). The molecule has 0 radical (unpaired) electrons. The molecule has 2 N–H and O–H groups in total. The summed E-state index contributed by atoms with van der Waals surface area (Å²) < 4.78 is 5.45. The maximum Gasteiger partial charge on any atom is 0.404 e. The molecule has 0 fully saturated rings. The van der Waals surface area contributed by atoms with Gasteiger partial charge in [0.25, 0.3) is 0 Å². The first-order chi connectivity index (χ1) is 11.2. The number of fused-ring (bicyclic) bond motifs is 1. The number of ether oxygens (including phenoxy) is 1. The summed E-state index contributed by atoms with van der Waals surface area (Å²) in [6, 6.07) is 9.95. The van der Waals surface area contributed by atoms with Gasteiger partial charge in [0.1, 0.15) is 5.75 Å². The smallest absolute Gasteiger partial charge is 0.404 e. The monoisotopic (exact) mass is 313 g/mol. The maximum absolute atomic E-state index is 10.6. The van der Waals surface area contributed by atoms with E-state index >= 15 is 0 Å². The van der Waals surface area contributed by atoms with Crippen LogP contribution in [0.4, 0.5) is 10.5 Å². The zero-order chi connectivity index (χ0) is 16.2. The van der Waals surface area contributed by atoms with Crippen molar-refractivity contribution in [2.75, 3.05) is 18.6 Å². The minimum absolute atomic E-state index is 0.220. The number of aromatic nitrogens is 1. The molecule has 120 valence electrons. The van der Waals surface area contributed by atoms with Crippen LogP contribution in [0, 0.1) is 0 Å². The number of hydrogen-bond acceptors (Lipinski definition) is 4. The van der Waals surface area contributed by atoms with E-state index in [9.17, 15) is 4.79 Å². The molecular formula is C17H19N3O3. The Bertz CT molecular complexity index is 718. The molecule has 0 unspecified atom stereocenters. The number of nitrogens with zero attached hydrogens (tertiary/aromatic N) is 2. The Morgan fingerprint density at radius 3 is 3.00 bits per heavy atom. The van der Waals surface area contributed by atoms with Crippen molar-refractivity contribution >= 4 is 11.8 Å². The van der Waals surface area contributed by atoms with Crippen molar-refractivity contribution in [2.45, 2.75) is 19.5 Å². The molecule has 1 aromatic heterocycles. The minimum Gasteiger partial charge on any atom is -0.495 e. The molecule has 0 spiro atoms. The van der Waals surface area contributed by atoms with Crippen molar-refractivity contribution in [1.82, 2.24) is 10.3 Å². The average Bonchev–Trinajstić information content (AvgIpc) is 2.59. The van der Waals surface area contributed by atoms with E-state index in [1.165, 1.54) is 11.1 Å². The Balaban J connectivity index is 1.81. The SMILES string of the molecule is COc1ccccc1N1CCc2cnc(CNC(=O)O)cc2C1. The third-order valence-electron chi connectivity index (χ3n) is 4.00. The fourth-order valence-electron chi connectivity index (χ4n) is 2.85. The molecule has 0 bridgehead atoms. The number of pyridine rings is 1. The predicted octanol–water partition coefficient (Wildman–Crippen LogP) is 2.42. The molecule has 6 heteroatoms. The van der Waals surface area contributed by atoms with Crippen LogP contribution in [-0.4, -0.2) is 29.8 Å². The Morgan fingerprint density at radius 1 is 1.39 bits per heavy atom. The van der Waals surface area contributed by atoms with Crippen LogP contribution in [0.5, 0.6) is 5.75 Å². The van der Waals surface area contributed by atoms with E-state index in [1.54, 1.807) is 7.11 Å². The highest BCUT2D eigenvalue weighted by atomic mass is 16.5. The van der Waals surface area contributed by atoms with Crippen LogP contribution in [0.2, 0.25) is 0 Å². The lowest BCUT2D eigenvalue weighted by atomic mass is 10.0. The van der Waals surface area contributed by atoms with Crippen molar-refractivity contribution in [3.05, 3.63) is 53.3 Å². The van der Waals surface area contributed by atoms with Crippen LogP contribution < -0.4 is 15.0 Å². The molecule has 0 saturated carbocycles. The number of nitrogens with one attached hydrogen (secondary N) is 1. The molecule has 6 nitrogen and oxygen atoms in total. The van der Waals surface area contributed by atoms with Crippen LogP contribution in [0.3, 0.4) is 0 Å². The number of carbonyl (C=O) groups is 1. The van der Waals surface area contributed by atoms with Gasteiger partial charge in [-0.1, -0.05) is 12.1 Å². The molecule has 3 rings (SSSR count). The van der Waals surface area contributed by atoms with Crippen molar-refractivity contribution in [1.29, 1.82) is 0 Å². The van der Waals surface area contributed by atoms with Crippen molar-refractivity contribution in [3.8, 4) is 5.75 Å². The molecule has 0 saturated heterocycles. The average molecular weight is 313 g/mol. The molecule has 2 heterocycles. The van der Waals surface area contributed by atoms with E-state index < -0.39 is 6.09 Å². The van der Waals surface area contributed by atoms with E-state index in [4.69, 9.17) is 9.84 Å². The Hall–Kier alpha value is -2.76. The van der Waals surface area contributed by atoms with Crippen LogP contribution in [-0.2, 0) is 19.5 Å². The normalized spacial score (nSPS) is 13.3. The molecule has 2 aromatic rings. The highest BCUT2D eigenvalue weighted by molar-refractivity contribution is 5.64. The lowest BCUT2D eigenvalue weighted by Crippen LogP contribution is -2.31. The number of carboxylic acid groups (broad SMARTS) is 1. The summed E-state index contributed by atoms with van der Waals surface area (Å²) in [5.74, 6) is 0.859. The van der Waals surface area contributed by atoms with Crippen LogP contribution in [0.25, 0.3) is 0 Å². The number of methoxy groups -OCH3 is 1. The topological polar surface area (TPSA) is 74.7 Å². The Kier molecular flexibility index (Phi) is 4.32. The number of amides is 1. The van der Waals surface area contributed by atoms with E-state index in [2.05, 4.69) is 21.3 Å². The van der Waals surface area contributed by atoms with Crippen LogP contribution in [0.15, 0.2) is 36.5 Å². The number of rotatable bonds is 4. The van der Waals surface area contributed by atoms with Gasteiger partial charge in [0, 0.05) is 19.3 Å². The third kappa shape index (κ3) is 3.36. The lowest BCUT2D eigenvalue weighted by Gasteiger charge is -2.31. The van der Waals surface area contributed by atoms with Gasteiger partial charge in [-0.15, -0.1) is 0 Å². The summed E-state index contributed by atoms with van der Waals surface area (Å²) in [7, 11) is 1.68. The van der Waals surface area contributed by atoms with Gasteiger partial charge in [0.05, 0.1) is 25.0 Å². The highest BCUT2D eigenvalue weighted by Gasteiger charge is 2.19. The van der Waals surface area contributed by atoms with E-state index in [0.717, 1.165) is 36.6 Å². The van der Waals surface area contributed by atoms with Gasteiger partial charge in [0.15, 0.2) is 0 Å². The maximum atomic E-state index is 10.6. The van der Waals surface area contributed by atoms with Gasteiger partial charge in [-0.3, -0.25) is 4.98 Å². The summed E-state index contributed by atoms with van der Waals surface area (Å²) in [5, 5.41) is 11.1. The lowest BCUT2D eigenvalue weighted by molar-refractivity contribution is 0.194. The van der Waals surface area contributed by atoms with Gasteiger partial charge < -0.3 is 20.1 Å². The third-order valence-corrected chi connectivity index (χ3v) is 4.00. The van der Waals surface area contributed by atoms with E-state index in [-0.39, 0.29) is 6.54 Å². The minimum atomic E-state index is -1.04. The summed E-state index contributed by atoms with van der Waals surface area (Å²) in [6.07, 6.45) is 1.72. The summed E-state index contributed by atoms with van der Waals surface area (Å²) >= 11 is 0. The predicted molar refractivity (Wildman–Crippen MR) is 86.8 cm³/mol. The first kappa shape index (κ1) is 15.1. The van der Waals surface area contributed by atoms with Gasteiger partial charge in [0.2, 0.25) is 0 Å². The molecule has 1 aromatic carbocycles. The summed E-state index contributed by atoms with van der Waals surface area (Å²) in [4.78, 5) is 17.2. The molecule has 23 heavy (non-hydrogen) atoms. The van der Waals surface area contributed by atoms with Gasteiger partial charge in [-0.05, 0) is 35.7 Å². The number of hydrogen-bond donors (Lipinski definition) is 2. The Morgan fingerprint density at radius 2 is 2.22 bits per heavy atom. The second-order valence-electron chi connectivity index (χ2n) is 5.45. The number of anilines is 1. The molecule has 0 atom stereocenters. The second-order valence-corrected chi connectivity index (χ2v) is 5.45. The fourth-order valence-corrected chi connectivity index (χ4v) is 2.85. The zero-order valence-corrected chi connectivity index (χ0v) is 13.0. The van der Waals surface area contributed by atoms with Gasteiger partial charge in [-0.25, -0.2) is 4.79 Å². The zero-order valence-electron chi connectivity index (χ0n) is 13.0. The molecular weight excluding hydrogens is 294 g/mol. The van der Waals surface area contributed by atoms with Gasteiger partial charge in [-0.2, -0.15) is 0 Å². The van der Waals surface area contributed by atoms with Gasteiger partial charge >= 0.3 is 6.09 Å². The van der Waals surface area contributed by atoms with Crippen molar-refractivity contribution in [2.24, 2.45) is 0 Å². The van der Waals surface area contributed by atoms with Crippen LogP contribution in [0.1, 0.15) is 16.8 Å². The van der Waals surface area contributed by atoms with E-state index in [1.807, 2.05) is 30.5 Å². The number of para-hydroxylation sites is 2. The second kappa shape index (κ2) is 6.56. The molecule has 1 aliphatic heterocycles. The molecule has 1 aliphatic rings. The fraction of sp³-hybridized carbons (Fsp3) is 0.294. The summed E-state index contributed by atoms with van der Waals surface area (Å²) in [5.41, 5.74) is 4.20. The largest absolute Gasteiger partial charge is 0.495 e. The number of benzene rings is 1. The summed E-state index contributed by atoms with van der Waals surface area (Å²) in [6.45, 7) is 1.89. The molecule has 1 amide bonds. The molecule has 0 aliphatic carbocycles. The van der Waals surface area contributed by atoms with Crippen LogP contribution >= 0.6 is 0 Å². The quantitative estimate of drug-likeness (QED) is 0.907. The first-order valence-electron chi connectivity index (χ1n) is 7.49. The van der Waals surface area contributed by atoms with Crippen molar-refractivity contribution < 1.29 is 14.6 Å². The Labute approximate surface area is 134 Å².